The highest BCUT2D eigenvalue weighted by molar-refractivity contribution is 5.80. The summed E-state index contributed by atoms with van der Waals surface area (Å²) in [6.07, 6.45) is 2.51. The number of piperazine rings is 1. The number of carbonyl (C=O) groups is 1. The summed E-state index contributed by atoms with van der Waals surface area (Å²) in [5, 5.41) is 4.10. The molecule has 0 aromatic carbocycles. The minimum Gasteiger partial charge on any atom is -0.304 e. The van der Waals surface area contributed by atoms with Gasteiger partial charge in [0.05, 0.1) is 6.42 Å². The molecule has 0 bridgehead atoms. The van der Waals surface area contributed by atoms with Crippen LogP contribution < -0.4 is 0 Å². The van der Waals surface area contributed by atoms with Crippen molar-refractivity contribution < 1.29 is 4.79 Å². The van der Waals surface area contributed by atoms with Gasteiger partial charge in [-0.25, -0.2) is 9.67 Å². The summed E-state index contributed by atoms with van der Waals surface area (Å²) in [5.74, 6) is 1.02. The number of aromatic nitrogens is 3. The van der Waals surface area contributed by atoms with E-state index >= 15 is 0 Å². The van der Waals surface area contributed by atoms with Crippen LogP contribution in [0.1, 0.15) is 19.2 Å². The first-order valence-electron chi connectivity index (χ1n) is 6.87. The minimum atomic E-state index is 0.245. The fourth-order valence-corrected chi connectivity index (χ4v) is 2.52. The highest BCUT2D eigenvalue weighted by atomic mass is 16.1. The summed E-state index contributed by atoms with van der Waals surface area (Å²) < 4.78 is 1.79. The third-order valence-electron chi connectivity index (χ3n) is 3.79. The Labute approximate surface area is 114 Å². The van der Waals surface area contributed by atoms with Crippen molar-refractivity contribution in [2.24, 2.45) is 0 Å². The molecule has 1 fully saturated rings. The minimum absolute atomic E-state index is 0.245. The molecule has 1 saturated heterocycles. The van der Waals surface area contributed by atoms with E-state index in [1.807, 2.05) is 6.92 Å². The molecule has 0 radical (unpaired) electrons. The first kappa shape index (κ1) is 14.1. The Morgan fingerprint density at radius 3 is 2.95 bits per heavy atom. The van der Waals surface area contributed by atoms with Crippen molar-refractivity contribution in [1.29, 1.82) is 0 Å². The second-order valence-corrected chi connectivity index (χ2v) is 5.31. The van der Waals surface area contributed by atoms with Gasteiger partial charge in [-0.2, -0.15) is 5.10 Å². The van der Waals surface area contributed by atoms with Crippen LogP contribution in [0.4, 0.5) is 0 Å². The van der Waals surface area contributed by atoms with Gasteiger partial charge in [0.2, 0.25) is 0 Å². The third kappa shape index (κ3) is 3.61. The molecular formula is C13H23N5O. The van der Waals surface area contributed by atoms with Crippen LogP contribution in [-0.2, 0) is 17.8 Å². The summed E-state index contributed by atoms with van der Waals surface area (Å²) in [4.78, 5) is 20.9. The van der Waals surface area contributed by atoms with E-state index in [-0.39, 0.29) is 5.78 Å². The van der Waals surface area contributed by atoms with Gasteiger partial charge in [-0.15, -0.1) is 0 Å². The van der Waals surface area contributed by atoms with E-state index in [0.29, 0.717) is 18.9 Å². The van der Waals surface area contributed by atoms with Crippen molar-refractivity contribution in [2.75, 3.05) is 33.7 Å². The van der Waals surface area contributed by atoms with Gasteiger partial charge in [0.25, 0.3) is 0 Å². The van der Waals surface area contributed by atoms with Gasteiger partial charge in [0.15, 0.2) is 0 Å². The number of rotatable bonds is 5. The number of nitrogens with zero attached hydrogens (tertiary/aromatic N) is 5. The van der Waals surface area contributed by atoms with E-state index in [9.17, 15) is 4.79 Å². The van der Waals surface area contributed by atoms with Crippen molar-refractivity contribution in [3.63, 3.8) is 0 Å². The lowest BCUT2D eigenvalue weighted by Crippen LogP contribution is -2.50. The fraction of sp³-hybridized carbons (Fsp3) is 0.769. The maximum Gasteiger partial charge on any atom is 0.142 e. The van der Waals surface area contributed by atoms with Crippen LogP contribution in [0.5, 0.6) is 0 Å². The molecule has 0 N–H and O–H groups in total. The molecule has 0 spiro atoms. The standard InChI is InChI=1S/C13H23N5O/c1-4-18-13(14-10-15-18)8-12(19)7-11-9-16(2)5-6-17(11)3/h10-11H,4-9H2,1-3H3. The third-order valence-corrected chi connectivity index (χ3v) is 3.79. The highest BCUT2D eigenvalue weighted by Crippen LogP contribution is 2.11. The van der Waals surface area contributed by atoms with Gasteiger partial charge in [-0.3, -0.25) is 4.79 Å². The van der Waals surface area contributed by atoms with Crippen LogP contribution in [0.2, 0.25) is 0 Å². The quantitative estimate of drug-likeness (QED) is 0.753. The lowest BCUT2D eigenvalue weighted by atomic mass is 10.0. The van der Waals surface area contributed by atoms with Crippen molar-refractivity contribution in [3.05, 3.63) is 12.2 Å². The van der Waals surface area contributed by atoms with Crippen LogP contribution in [0.15, 0.2) is 6.33 Å². The largest absolute Gasteiger partial charge is 0.304 e. The van der Waals surface area contributed by atoms with Crippen molar-refractivity contribution >= 4 is 5.78 Å². The Bertz CT molecular complexity index is 430. The average Bonchev–Trinajstić information content (AvgIpc) is 2.81. The molecule has 1 aliphatic rings. The Morgan fingerprint density at radius 2 is 2.21 bits per heavy atom. The number of ketones is 1. The monoisotopic (exact) mass is 265 g/mol. The van der Waals surface area contributed by atoms with E-state index < -0.39 is 0 Å². The van der Waals surface area contributed by atoms with Gasteiger partial charge in [-0.1, -0.05) is 0 Å². The van der Waals surface area contributed by atoms with Crippen molar-refractivity contribution in [1.82, 2.24) is 24.6 Å². The maximum atomic E-state index is 12.2. The predicted octanol–water partition coefficient (Wildman–Crippen LogP) is 0.0455. The average molecular weight is 265 g/mol. The molecule has 1 aromatic heterocycles. The Kier molecular flexibility index (Phi) is 4.66. The Morgan fingerprint density at radius 1 is 1.42 bits per heavy atom. The summed E-state index contributed by atoms with van der Waals surface area (Å²) in [7, 11) is 4.21. The predicted molar refractivity (Wildman–Crippen MR) is 72.9 cm³/mol. The highest BCUT2D eigenvalue weighted by Gasteiger charge is 2.24. The number of hydrogen-bond acceptors (Lipinski definition) is 5. The van der Waals surface area contributed by atoms with Gasteiger partial charge in [-0.05, 0) is 21.0 Å². The first-order valence-corrected chi connectivity index (χ1v) is 6.87. The zero-order chi connectivity index (χ0) is 13.8. The molecule has 1 atom stereocenters. The molecule has 1 aliphatic heterocycles. The van der Waals surface area contributed by atoms with Gasteiger partial charge in [0, 0.05) is 38.6 Å². The molecule has 2 rings (SSSR count). The number of Topliss-reactive ketones (excluding diaryl/α,β-unsaturated/α-hetero) is 1. The van der Waals surface area contributed by atoms with Gasteiger partial charge >= 0.3 is 0 Å². The molecule has 6 heteroatoms. The summed E-state index contributed by atoms with van der Waals surface area (Å²) in [6, 6.07) is 0.323. The molecule has 0 saturated carbocycles. The summed E-state index contributed by atoms with van der Waals surface area (Å²) in [5.41, 5.74) is 0. The van der Waals surface area contributed by atoms with Crippen LogP contribution >= 0.6 is 0 Å². The summed E-state index contributed by atoms with van der Waals surface area (Å²) >= 11 is 0. The van der Waals surface area contributed by atoms with E-state index in [0.717, 1.165) is 32.0 Å². The first-order chi connectivity index (χ1) is 9.10. The molecule has 106 valence electrons. The van der Waals surface area contributed by atoms with E-state index in [1.54, 1.807) is 4.68 Å². The van der Waals surface area contributed by atoms with Crippen LogP contribution in [0.25, 0.3) is 0 Å². The van der Waals surface area contributed by atoms with Crippen molar-refractivity contribution in [2.45, 2.75) is 32.4 Å². The van der Waals surface area contributed by atoms with E-state index in [1.165, 1.54) is 6.33 Å². The Balaban J connectivity index is 1.90. The van der Waals surface area contributed by atoms with E-state index in [4.69, 9.17) is 0 Å². The second-order valence-electron chi connectivity index (χ2n) is 5.31. The Hall–Kier alpha value is -1.27. The molecule has 0 aliphatic carbocycles. The maximum absolute atomic E-state index is 12.2. The topological polar surface area (TPSA) is 54.3 Å². The van der Waals surface area contributed by atoms with Crippen LogP contribution in [-0.4, -0.2) is 70.1 Å². The smallest absolute Gasteiger partial charge is 0.142 e. The van der Waals surface area contributed by atoms with Gasteiger partial charge < -0.3 is 9.80 Å². The molecule has 2 heterocycles. The molecule has 0 amide bonds. The zero-order valence-electron chi connectivity index (χ0n) is 12.0. The van der Waals surface area contributed by atoms with Crippen LogP contribution in [0, 0.1) is 0 Å². The molecule has 1 unspecified atom stereocenters. The lowest BCUT2D eigenvalue weighted by molar-refractivity contribution is -0.120. The zero-order valence-corrected chi connectivity index (χ0v) is 12.0. The lowest BCUT2D eigenvalue weighted by Gasteiger charge is -2.37. The van der Waals surface area contributed by atoms with E-state index in [2.05, 4.69) is 34.0 Å². The number of carbonyl (C=O) groups excluding carboxylic acids is 1. The number of hydrogen-bond donors (Lipinski definition) is 0. The number of aryl methyl sites for hydroxylation is 1. The second kappa shape index (κ2) is 6.25. The molecule has 6 nitrogen and oxygen atoms in total. The summed E-state index contributed by atoms with van der Waals surface area (Å²) in [6.45, 7) is 5.83. The SMILES string of the molecule is CCn1ncnc1CC(=O)CC1CN(C)CCN1C. The normalized spacial score (nSPS) is 21.7. The number of likely N-dealkylation sites (N-methyl/N-ethyl adjacent to an activating group) is 2. The fourth-order valence-electron chi connectivity index (χ4n) is 2.52. The van der Waals surface area contributed by atoms with Crippen LogP contribution in [0.3, 0.4) is 0 Å². The molecular weight excluding hydrogens is 242 g/mol. The molecule has 1 aromatic rings. The van der Waals surface area contributed by atoms with Gasteiger partial charge in [0.1, 0.15) is 17.9 Å². The van der Waals surface area contributed by atoms with Crippen molar-refractivity contribution in [3.8, 4) is 0 Å². The molecule has 19 heavy (non-hydrogen) atoms.